The van der Waals surface area contributed by atoms with Gasteiger partial charge in [-0.2, -0.15) is 0 Å². The lowest BCUT2D eigenvalue weighted by Gasteiger charge is -2.61. The van der Waals surface area contributed by atoms with E-state index in [1.54, 1.807) is 0 Å². The van der Waals surface area contributed by atoms with Crippen molar-refractivity contribution in [3.63, 3.8) is 0 Å². The number of fused-ring (bicyclic) bond motifs is 5. The van der Waals surface area contributed by atoms with Crippen molar-refractivity contribution in [1.82, 2.24) is 0 Å². The van der Waals surface area contributed by atoms with Gasteiger partial charge in [-0.1, -0.05) is 53.9 Å². The Morgan fingerprint density at radius 2 is 1.72 bits per heavy atom. The zero-order valence-corrected chi connectivity index (χ0v) is 21.7. The van der Waals surface area contributed by atoms with Crippen molar-refractivity contribution in [3.05, 3.63) is 0 Å². The van der Waals surface area contributed by atoms with E-state index in [2.05, 4.69) is 34.6 Å². The molecule has 32 heavy (non-hydrogen) atoms. The Balaban J connectivity index is 1.46. The Bertz CT molecular complexity index is 673. The van der Waals surface area contributed by atoms with Gasteiger partial charge in [-0.15, -0.1) is 0 Å². The smallest absolute Gasteiger partial charge is 0.302 e. The summed E-state index contributed by atoms with van der Waals surface area (Å²) in [6.45, 7) is 13.9. The van der Waals surface area contributed by atoms with Crippen molar-refractivity contribution < 1.29 is 14.6 Å². The van der Waals surface area contributed by atoms with E-state index in [1.165, 1.54) is 64.7 Å². The average Bonchev–Trinajstić information content (AvgIpc) is 3.05. The lowest BCUT2D eigenvalue weighted by Crippen LogP contribution is -2.57. The first kappa shape index (κ1) is 24.6. The molecule has 3 nitrogen and oxygen atoms in total. The molecule has 0 aromatic carbocycles. The highest BCUT2D eigenvalue weighted by Crippen LogP contribution is 2.68. The molecule has 10 atom stereocenters. The zero-order valence-electron chi connectivity index (χ0n) is 21.7. The second-order valence-corrected chi connectivity index (χ2v) is 13.3. The van der Waals surface area contributed by atoms with Gasteiger partial charge in [0.25, 0.3) is 0 Å². The highest BCUT2D eigenvalue weighted by Gasteiger charge is 2.61. The summed E-state index contributed by atoms with van der Waals surface area (Å²) >= 11 is 0. The second kappa shape index (κ2) is 9.23. The molecule has 0 radical (unpaired) electrons. The number of hydrogen-bond acceptors (Lipinski definition) is 3. The molecule has 3 heteroatoms. The Hall–Kier alpha value is -0.570. The van der Waals surface area contributed by atoms with E-state index in [0.717, 1.165) is 48.3 Å². The van der Waals surface area contributed by atoms with Crippen LogP contribution in [0.3, 0.4) is 0 Å². The van der Waals surface area contributed by atoms with Crippen LogP contribution in [-0.4, -0.2) is 23.3 Å². The van der Waals surface area contributed by atoms with Gasteiger partial charge in [-0.05, 0) is 104 Å². The molecule has 184 valence electrons. The fraction of sp³-hybridized carbons (Fsp3) is 0.966. The Kier molecular flexibility index (Phi) is 7.08. The van der Waals surface area contributed by atoms with Crippen molar-refractivity contribution in [2.75, 3.05) is 0 Å². The number of esters is 1. The van der Waals surface area contributed by atoms with Gasteiger partial charge >= 0.3 is 5.97 Å². The molecule has 1 N–H and O–H groups in total. The van der Waals surface area contributed by atoms with E-state index in [4.69, 9.17) is 4.74 Å². The first-order valence-electron chi connectivity index (χ1n) is 13.9. The van der Waals surface area contributed by atoms with Crippen LogP contribution in [0.4, 0.5) is 0 Å². The number of rotatable bonds is 6. The number of carbonyl (C=O) groups is 1. The van der Waals surface area contributed by atoms with Crippen LogP contribution in [0.1, 0.15) is 112 Å². The first-order chi connectivity index (χ1) is 15.1. The fourth-order valence-electron chi connectivity index (χ4n) is 9.62. The summed E-state index contributed by atoms with van der Waals surface area (Å²) in [7, 11) is 0. The van der Waals surface area contributed by atoms with Gasteiger partial charge < -0.3 is 9.84 Å². The maximum atomic E-state index is 11.5. The van der Waals surface area contributed by atoms with Crippen LogP contribution in [0.15, 0.2) is 0 Å². The fourth-order valence-corrected chi connectivity index (χ4v) is 9.62. The number of aliphatic hydroxyl groups is 1. The largest absolute Gasteiger partial charge is 0.460 e. The Labute approximate surface area is 197 Å². The van der Waals surface area contributed by atoms with Crippen molar-refractivity contribution in [3.8, 4) is 0 Å². The molecule has 4 aliphatic rings. The predicted octanol–water partition coefficient (Wildman–Crippen LogP) is 7.01. The monoisotopic (exact) mass is 446 g/mol. The molecule has 1 unspecified atom stereocenters. The van der Waals surface area contributed by atoms with Gasteiger partial charge in [0.15, 0.2) is 0 Å². The molecule has 0 bridgehead atoms. The lowest BCUT2D eigenvalue weighted by atomic mass is 9.44. The van der Waals surface area contributed by atoms with E-state index < -0.39 is 6.10 Å². The maximum absolute atomic E-state index is 11.5. The Morgan fingerprint density at radius 3 is 2.41 bits per heavy atom. The highest BCUT2D eigenvalue weighted by atomic mass is 16.6. The van der Waals surface area contributed by atoms with E-state index in [1.807, 2.05) is 0 Å². The topological polar surface area (TPSA) is 46.5 Å². The van der Waals surface area contributed by atoms with Gasteiger partial charge in [0.2, 0.25) is 0 Å². The molecular formula is C29H50O3. The van der Waals surface area contributed by atoms with Gasteiger partial charge in [-0.3, -0.25) is 4.79 Å². The summed E-state index contributed by atoms with van der Waals surface area (Å²) in [5, 5.41) is 10.9. The summed E-state index contributed by atoms with van der Waals surface area (Å²) in [6.07, 6.45) is 13.2. The van der Waals surface area contributed by atoms with Crippen molar-refractivity contribution in [2.24, 2.45) is 52.3 Å². The van der Waals surface area contributed by atoms with Crippen LogP contribution >= 0.6 is 0 Å². The maximum Gasteiger partial charge on any atom is 0.302 e. The molecule has 0 aromatic rings. The molecule has 0 aromatic heterocycles. The van der Waals surface area contributed by atoms with Gasteiger partial charge in [0.05, 0.1) is 6.10 Å². The van der Waals surface area contributed by atoms with Gasteiger partial charge in [-0.25, -0.2) is 0 Å². The van der Waals surface area contributed by atoms with Crippen molar-refractivity contribution >= 4 is 5.97 Å². The molecule has 0 saturated heterocycles. The van der Waals surface area contributed by atoms with Crippen LogP contribution in [0, 0.1) is 52.3 Å². The summed E-state index contributed by atoms with van der Waals surface area (Å²) < 4.78 is 5.52. The summed E-state index contributed by atoms with van der Waals surface area (Å²) in [6, 6.07) is 0. The van der Waals surface area contributed by atoms with Crippen LogP contribution in [-0.2, 0) is 9.53 Å². The highest BCUT2D eigenvalue weighted by molar-refractivity contribution is 5.66. The minimum absolute atomic E-state index is 0.210. The minimum atomic E-state index is -0.496. The third kappa shape index (κ3) is 4.29. The van der Waals surface area contributed by atoms with Crippen LogP contribution < -0.4 is 0 Å². The van der Waals surface area contributed by atoms with E-state index >= 15 is 0 Å². The van der Waals surface area contributed by atoms with Crippen molar-refractivity contribution in [2.45, 2.75) is 124 Å². The van der Waals surface area contributed by atoms with Crippen molar-refractivity contribution in [1.29, 1.82) is 0 Å². The molecule has 0 heterocycles. The second-order valence-electron chi connectivity index (χ2n) is 13.3. The predicted molar refractivity (Wildman–Crippen MR) is 130 cm³/mol. The third-order valence-electron chi connectivity index (χ3n) is 11.2. The molecule has 0 aliphatic heterocycles. The summed E-state index contributed by atoms with van der Waals surface area (Å²) in [5.74, 6) is 5.37. The molecule has 4 rings (SSSR count). The van der Waals surface area contributed by atoms with E-state index in [0.29, 0.717) is 11.3 Å². The molecular weight excluding hydrogens is 396 g/mol. The molecule has 4 fully saturated rings. The normalized spacial score (nSPS) is 46.8. The Morgan fingerprint density at radius 1 is 1.00 bits per heavy atom. The molecule has 0 amide bonds. The van der Waals surface area contributed by atoms with Gasteiger partial charge in [0, 0.05) is 6.92 Å². The van der Waals surface area contributed by atoms with E-state index in [9.17, 15) is 9.90 Å². The summed E-state index contributed by atoms with van der Waals surface area (Å²) in [4.78, 5) is 11.5. The number of carbonyl (C=O) groups excluding carboxylic acids is 1. The van der Waals surface area contributed by atoms with E-state index in [-0.39, 0.29) is 17.5 Å². The number of aliphatic hydroxyl groups excluding tert-OH is 1. The van der Waals surface area contributed by atoms with Crippen LogP contribution in [0.25, 0.3) is 0 Å². The third-order valence-corrected chi connectivity index (χ3v) is 11.2. The quantitative estimate of drug-likeness (QED) is 0.446. The lowest BCUT2D eigenvalue weighted by molar-refractivity contribution is -0.182. The zero-order chi connectivity index (χ0) is 23.3. The number of ether oxygens (including phenoxy) is 1. The average molecular weight is 447 g/mol. The molecule has 4 saturated carbocycles. The molecule has 0 spiro atoms. The SMILES string of the molecule is CC(=O)O[C@@H]1CC2CC[C@H]3[C@@H]4CC[C@H]([C@H](C)CCCC(C)C)[C@@]4(C)CC[C@@H]3[C@@]2(C)C[C@H]1O. The first-order valence-corrected chi connectivity index (χ1v) is 13.9. The summed E-state index contributed by atoms with van der Waals surface area (Å²) in [5.41, 5.74) is 0.733. The molecule has 4 aliphatic carbocycles. The minimum Gasteiger partial charge on any atom is -0.460 e. The van der Waals surface area contributed by atoms with Crippen LogP contribution in [0.5, 0.6) is 0 Å². The van der Waals surface area contributed by atoms with Crippen LogP contribution in [0.2, 0.25) is 0 Å². The standard InChI is InChI=1S/C29H50O3/c1-18(2)8-7-9-19(3)23-12-13-24-22-11-10-21-16-27(32-20(4)30)26(31)17-29(21,6)25(22)14-15-28(23,24)5/h18-19,21-27,31H,7-17H2,1-6H3/t19-,21?,22+,23-,24+,25+,26-,27-,28-,29+/m1/s1. The number of hydrogen-bond donors (Lipinski definition) is 1. The van der Waals surface area contributed by atoms with Gasteiger partial charge in [0.1, 0.15) is 6.10 Å².